The lowest BCUT2D eigenvalue weighted by molar-refractivity contribution is -0.137. The minimum Gasteiger partial charge on any atom is -0.460 e. The van der Waals surface area contributed by atoms with Gasteiger partial charge >= 0.3 is 6.18 Å². The summed E-state index contributed by atoms with van der Waals surface area (Å²) in [7, 11) is 0. The lowest BCUT2D eigenvalue weighted by atomic mass is 10.1. The van der Waals surface area contributed by atoms with Gasteiger partial charge in [0, 0.05) is 25.2 Å². The minimum absolute atomic E-state index is 0.142. The molecular weight excluding hydrogens is 357 g/mol. The first-order valence-corrected chi connectivity index (χ1v) is 8.83. The number of benzene rings is 1. The zero-order valence-electron chi connectivity index (χ0n) is 15.2. The first-order chi connectivity index (χ1) is 12.8. The zero-order chi connectivity index (χ0) is 19.6. The second-order valence-corrected chi connectivity index (χ2v) is 6.53. The van der Waals surface area contributed by atoms with Gasteiger partial charge in [0.15, 0.2) is 5.58 Å². The Hall–Kier alpha value is -2.70. The highest BCUT2D eigenvalue weighted by molar-refractivity contribution is 5.97. The van der Waals surface area contributed by atoms with Crippen LogP contribution in [0.1, 0.15) is 47.1 Å². The average Bonchev–Trinajstić information content (AvgIpc) is 3.12. The third-order valence-electron chi connectivity index (χ3n) is 4.36. The molecule has 3 aromatic rings. The third-order valence-corrected chi connectivity index (χ3v) is 4.36. The van der Waals surface area contributed by atoms with Crippen molar-refractivity contribution in [1.82, 2.24) is 9.88 Å². The zero-order valence-corrected chi connectivity index (χ0v) is 15.2. The van der Waals surface area contributed by atoms with E-state index in [9.17, 15) is 18.0 Å². The topological polar surface area (TPSA) is 47.2 Å². The largest absolute Gasteiger partial charge is 0.460 e. The molecule has 0 unspecified atom stereocenters. The van der Waals surface area contributed by atoms with Crippen LogP contribution in [0.15, 0.2) is 40.8 Å². The van der Waals surface area contributed by atoms with E-state index in [-0.39, 0.29) is 12.5 Å². The van der Waals surface area contributed by atoms with Gasteiger partial charge in [-0.2, -0.15) is 13.2 Å². The molecule has 0 saturated heterocycles. The first-order valence-electron chi connectivity index (χ1n) is 8.83. The Labute approximate surface area is 155 Å². The molecule has 0 aliphatic carbocycles. The molecule has 27 heavy (non-hydrogen) atoms. The molecule has 2 heterocycles. The fraction of sp³-hybridized carbons (Fsp3) is 0.350. The standard InChI is InChI=1S/C20H21F3N2O2/c1-3-4-8-24-19(26)17-11-18-16(9-13(2)27-18)25(17)12-14-6-5-7-15(10-14)20(21,22)23/h5-7,9-11H,3-4,8,12H2,1-2H3,(H,24,26). The number of nitrogens with one attached hydrogen (secondary N) is 1. The summed E-state index contributed by atoms with van der Waals surface area (Å²) in [5, 5.41) is 2.85. The molecule has 7 heteroatoms. The molecule has 4 nitrogen and oxygen atoms in total. The smallest absolute Gasteiger partial charge is 0.416 e. The summed E-state index contributed by atoms with van der Waals surface area (Å²) in [6.07, 6.45) is -2.60. The van der Waals surface area contributed by atoms with E-state index < -0.39 is 11.7 Å². The van der Waals surface area contributed by atoms with E-state index in [0.717, 1.165) is 25.0 Å². The average molecular weight is 378 g/mol. The summed E-state index contributed by atoms with van der Waals surface area (Å²) in [5.74, 6) is 0.412. The molecule has 0 aliphatic heterocycles. The second kappa shape index (κ2) is 7.50. The normalized spacial score (nSPS) is 11.9. The number of fused-ring (bicyclic) bond motifs is 1. The van der Waals surface area contributed by atoms with Gasteiger partial charge in [0.05, 0.1) is 11.1 Å². The van der Waals surface area contributed by atoms with Crippen molar-refractivity contribution in [3.8, 4) is 0 Å². The summed E-state index contributed by atoms with van der Waals surface area (Å²) >= 11 is 0. The molecule has 144 valence electrons. The van der Waals surface area contributed by atoms with Crippen molar-refractivity contribution in [1.29, 1.82) is 0 Å². The number of rotatable bonds is 6. The van der Waals surface area contributed by atoms with E-state index in [1.165, 1.54) is 6.07 Å². The highest BCUT2D eigenvalue weighted by Crippen LogP contribution is 2.30. The van der Waals surface area contributed by atoms with Gasteiger partial charge in [-0.25, -0.2) is 0 Å². The summed E-state index contributed by atoms with van der Waals surface area (Å²) in [6.45, 7) is 4.50. The van der Waals surface area contributed by atoms with E-state index >= 15 is 0 Å². The quantitative estimate of drug-likeness (QED) is 0.604. The van der Waals surface area contributed by atoms with Crippen molar-refractivity contribution in [2.24, 2.45) is 0 Å². The van der Waals surface area contributed by atoms with E-state index in [0.29, 0.717) is 34.7 Å². The summed E-state index contributed by atoms with van der Waals surface area (Å²) in [4.78, 5) is 12.6. The monoisotopic (exact) mass is 378 g/mol. The number of hydrogen-bond acceptors (Lipinski definition) is 2. The number of nitrogens with zero attached hydrogens (tertiary/aromatic N) is 1. The lowest BCUT2D eigenvalue weighted by Gasteiger charge is -2.12. The molecule has 2 aromatic heterocycles. The molecule has 0 aliphatic rings. The van der Waals surface area contributed by atoms with Gasteiger partial charge in [-0.05, 0) is 31.0 Å². The maximum absolute atomic E-state index is 13.0. The predicted octanol–water partition coefficient (Wildman–Crippen LogP) is 5.14. The van der Waals surface area contributed by atoms with Crippen LogP contribution in [0.4, 0.5) is 13.2 Å². The Morgan fingerprint density at radius 2 is 2.00 bits per heavy atom. The van der Waals surface area contributed by atoms with Crippen LogP contribution in [0, 0.1) is 6.92 Å². The molecule has 0 spiro atoms. The van der Waals surface area contributed by atoms with Crippen molar-refractivity contribution in [3.63, 3.8) is 0 Å². The Kier molecular flexibility index (Phi) is 5.30. The van der Waals surface area contributed by atoms with Gasteiger partial charge in [0.2, 0.25) is 0 Å². The van der Waals surface area contributed by atoms with Crippen LogP contribution in [-0.4, -0.2) is 17.0 Å². The number of unbranched alkanes of at least 4 members (excludes halogenated alkanes) is 1. The second-order valence-electron chi connectivity index (χ2n) is 6.53. The van der Waals surface area contributed by atoms with E-state index in [2.05, 4.69) is 5.32 Å². The van der Waals surface area contributed by atoms with Crippen LogP contribution in [0.3, 0.4) is 0 Å². The van der Waals surface area contributed by atoms with Gasteiger partial charge < -0.3 is 14.3 Å². The molecule has 3 rings (SSSR count). The fourth-order valence-corrected chi connectivity index (χ4v) is 3.02. The molecule has 0 bridgehead atoms. The van der Waals surface area contributed by atoms with Crippen molar-refractivity contribution < 1.29 is 22.4 Å². The number of aromatic nitrogens is 1. The molecule has 0 radical (unpaired) electrons. The minimum atomic E-state index is -4.41. The number of carbonyl (C=O) groups is 1. The highest BCUT2D eigenvalue weighted by atomic mass is 19.4. The van der Waals surface area contributed by atoms with Gasteiger partial charge in [-0.1, -0.05) is 25.5 Å². The maximum atomic E-state index is 13.0. The van der Waals surface area contributed by atoms with Crippen LogP contribution in [0.5, 0.6) is 0 Å². The van der Waals surface area contributed by atoms with Crippen molar-refractivity contribution in [2.75, 3.05) is 6.54 Å². The fourth-order valence-electron chi connectivity index (χ4n) is 3.02. The van der Waals surface area contributed by atoms with Gasteiger partial charge in [-0.3, -0.25) is 4.79 Å². The Morgan fingerprint density at radius 3 is 2.70 bits per heavy atom. The Balaban J connectivity index is 1.97. The van der Waals surface area contributed by atoms with E-state index in [4.69, 9.17) is 4.42 Å². The molecule has 1 N–H and O–H groups in total. The highest BCUT2D eigenvalue weighted by Gasteiger charge is 2.30. The number of hydrogen-bond donors (Lipinski definition) is 1. The molecule has 0 atom stereocenters. The number of halogens is 3. The van der Waals surface area contributed by atoms with Crippen LogP contribution in [0.25, 0.3) is 11.1 Å². The molecule has 0 saturated carbocycles. The van der Waals surface area contributed by atoms with Gasteiger partial charge in [-0.15, -0.1) is 0 Å². The summed E-state index contributed by atoms with van der Waals surface area (Å²) in [5.41, 5.74) is 1.35. The molecule has 1 amide bonds. The lowest BCUT2D eigenvalue weighted by Crippen LogP contribution is -2.27. The number of alkyl halides is 3. The number of amides is 1. The third kappa shape index (κ3) is 4.18. The van der Waals surface area contributed by atoms with Crippen LogP contribution < -0.4 is 5.32 Å². The first kappa shape index (κ1) is 19.1. The van der Waals surface area contributed by atoms with Crippen molar-refractivity contribution in [2.45, 2.75) is 39.4 Å². The Morgan fingerprint density at radius 1 is 1.22 bits per heavy atom. The molecular formula is C20H21F3N2O2. The Bertz CT molecular complexity index is 954. The molecule has 0 fully saturated rings. The van der Waals surface area contributed by atoms with Gasteiger partial charge in [0.25, 0.3) is 5.91 Å². The SMILES string of the molecule is CCCCNC(=O)c1cc2oc(C)cc2n1Cc1cccc(C(F)(F)F)c1. The maximum Gasteiger partial charge on any atom is 0.416 e. The number of carbonyl (C=O) groups excluding carboxylic acids is 1. The summed E-state index contributed by atoms with van der Waals surface area (Å²) < 4.78 is 46.3. The predicted molar refractivity (Wildman–Crippen MR) is 96.7 cm³/mol. The summed E-state index contributed by atoms with van der Waals surface area (Å²) in [6, 6.07) is 8.56. The van der Waals surface area contributed by atoms with Crippen LogP contribution >= 0.6 is 0 Å². The molecule has 1 aromatic carbocycles. The number of furan rings is 1. The van der Waals surface area contributed by atoms with Crippen LogP contribution in [-0.2, 0) is 12.7 Å². The number of aryl methyl sites for hydroxylation is 1. The van der Waals surface area contributed by atoms with Crippen molar-refractivity contribution in [3.05, 3.63) is 59.0 Å². The van der Waals surface area contributed by atoms with Crippen LogP contribution in [0.2, 0.25) is 0 Å². The van der Waals surface area contributed by atoms with Crippen molar-refractivity contribution >= 4 is 17.0 Å². The van der Waals surface area contributed by atoms with Gasteiger partial charge in [0.1, 0.15) is 11.5 Å². The van der Waals surface area contributed by atoms with E-state index in [1.807, 2.05) is 6.92 Å². The van der Waals surface area contributed by atoms with E-state index in [1.54, 1.807) is 29.7 Å².